The predicted molar refractivity (Wildman–Crippen MR) is 274 cm³/mol. The first kappa shape index (κ1) is 38.3. The lowest BCUT2D eigenvalue weighted by Crippen LogP contribution is -2.28. The number of hydrogen-bond donors (Lipinski definition) is 0. The number of benzene rings is 10. The van der Waals surface area contributed by atoms with E-state index < -0.39 is 5.41 Å². The molecule has 2 aliphatic carbocycles. The van der Waals surface area contributed by atoms with Crippen LogP contribution in [0.5, 0.6) is 0 Å². The van der Waals surface area contributed by atoms with E-state index in [-0.39, 0.29) is 5.41 Å². The number of nitrogens with zero attached hydrogens (tertiary/aromatic N) is 1. The Morgan fingerprint density at radius 1 is 0.348 bits per heavy atom. The summed E-state index contributed by atoms with van der Waals surface area (Å²) in [5.41, 5.74) is 21.9. The third kappa shape index (κ3) is 5.55. The molecule has 0 saturated heterocycles. The first-order valence-corrected chi connectivity index (χ1v) is 23.0. The van der Waals surface area contributed by atoms with Gasteiger partial charge in [0, 0.05) is 38.7 Å². The minimum absolute atomic E-state index is 0.146. The normalized spacial score (nSPS) is 15.3. The molecular weight excluding hydrogens is 799 g/mol. The van der Waals surface area contributed by atoms with Crippen LogP contribution in [0.1, 0.15) is 47.2 Å². The van der Waals surface area contributed by atoms with Gasteiger partial charge in [-0.1, -0.05) is 214 Å². The largest absolute Gasteiger partial charge is 0.455 e. The Balaban J connectivity index is 1.01. The molecule has 2 aliphatic rings. The van der Waals surface area contributed by atoms with Crippen LogP contribution in [-0.2, 0) is 10.8 Å². The number of anilines is 3. The van der Waals surface area contributed by atoms with Gasteiger partial charge in [-0.25, -0.2) is 0 Å². The molecule has 1 unspecified atom stereocenters. The summed E-state index contributed by atoms with van der Waals surface area (Å²) in [5, 5.41) is 2.27. The van der Waals surface area contributed by atoms with Crippen LogP contribution in [0.3, 0.4) is 0 Å². The summed E-state index contributed by atoms with van der Waals surface area (Å²) >= 11 is 0. The Morgan fingerprint density at radius 3 is 1.70 bits per heavy atom. The van der Waals surface area contributed by atoms with Gasteiger partial charge >= 0.3 is 0 Å². The maximum atomic E-state index is 6.52. The van der Waals surface area contributed by atoms with Crippen molar-refractivity contribution in [1.29, 1.82) is 0 Å². The van der Waals surface area contributed by atoms with E-state index in [0.29, 0.717) is 0 Å². The van der Waals surface area contributed by atoms with Crippen molar-refractivity contribution in [1.82, 2.24) is 0 Å². The lowest BCUT2D eigenvalue weighted by Gasteiger charge is -2.34. The molecule has 0 radical (unpaired) electrons. The number of fused-ring (bicyclic) bond motifs is 9. The first-order valence-electron chi connectivity index (χ1n) is 23.0. The summed E-state index contributed by atoms with van der Waals surface area (Å²) in [4.78, 5) is 2.49. The van der Waals surface area contributed by atoms with Crippen molar-refractivity contribution in [2.45, 2.75) is 24.7 Å². The molecule has 0 fully saturated rings. The van der Waals surface area contributed by atoms with Crippen molar-refractivity contribution in [3.63, 3.8) is 0 Å². The van der Waals surface area contributed by atoms with Gasteiger partial charge in [-0.2, -0.15) is 0 Å². The summed E-state index contributed by atoms with van der Waals surface area (Å²) in [6.07, 6.45) is 0. The zero-order valence-corrected chi connectivity index (χ0v) is 36.9. The number of furan rings is 1. The Bertz CT molecular complexity index is 3670. The molecule has 2 nitrogen and oxygen atoms in total. The van der Waals surface area contributed by atoms with E-state index in [1.165, 1.54) is 66.8 Å². The van der Waals surface area contributed by atoms with Crippen LogP contribution in [0.15, 0.2) is 241 Å². The fraction of sp³-hybridized carbons (Fsp3) is 0.0625. The average molecular weight is 844 g/mol. The molecule has 0 saturated carbocycles. The van der Waals surface area contributed by atoms with Gasteiger partial charge < -0.3 is 9.32 Å². The Hall–Kier alpha value is -8.20. The van der Waals surface area contributed by atoms with E-state index in [4.69, 9.17) is 4.42 Å². The van der Waals surface area contributed by atoms with Gasteiger partial charge in [0.15, 0.2) is 0 Å². The molecule has 312 valence electrons. The summed E-state index contributed by atoms with van der Waals surface area (Å²) in [6.45, 7) is 4.73. The zero-order chi connectivity index (χ0) is 44.0. The smallest absolute Gasteiger partial charge is 0.143 e. The Labute approximate surface area is 385 Å². The molecule has 0 bridgehead atoms. The van der Waals surface area contributed by atoms with Crippen molar-refractivity contribution >= 4 is 39.0 Å². The van der Waals surface area contributed by atoms with E-state index in [2.05, 4.69) is 249 Å². The molecule has 0 amide bonds. The Kier molecular flexibility index (Phi) is 8.51. The highest BCUT2D eigenvalue weighted by Gasteiger charge is 2.46. The van der Waals surface area contributed by atoms with Gasteiger partial charge in [0.1, 0.15) is 11.2 Å². The molecule has 0 aliphatic heterocycles. The van der Waals surface area contributed by atoms with Crippen LogP contribution in [0.25, 0.3) is 66.4 Å². The molecular formula is C64H45NO. The molecule has 1 aromatic heterocycles. The van der Waals surface area contributed by atoms with Crippen LogP contribution in [-0.4, -0.2) is 0 Å². The van der Waals surface area contributed by atoms with Crippen molar-refractivity contribution in [2.24, 2.45) is 0 Å². The van der Waals surface area contributed by atoms with E-state index >= 15 is 0 Å². The minimum atomic E-state index is -0.564. The highest BCUT2D eigenvalue weighted by molar-refractivity contribution is 6.09. The second-order valence-electron chi connectivity index (χ2n) is 18.4. The van der Waals surface area contributed by atoms with Gasteiger partial charge in [-0.05, 0) is 103 Å². The van der Waals surface area contributed by atoms with Crippen LogP contribution >= 0.6 is 0 Å². The second-order valence-corrected chi connectivity index (χ2v) is 18.4. The highest BCUT2D eigenvalue weighted by Crippen LogP contribution is 2.58. The molecule has 0 spiro atoms. The van der Waals surface area contributed by atoms with Gasteiger partial charge in [0.2, 0.25) is 0 Å². The third-order valence-corrected chi connectivity index (χ3v) is 14.6. The topological polar surface area (TPSA) is 16.4 Å². The molecule has 0 N–H and O–H groups in total. The van der Waals surface area contributed by atoms with Crippen LogP contribution < -0.4 is 4.90 Å². The lowest BCUT2D eigenvalue weighted by molar-refractivity contribution is 0.660. The fourth-order valence-electron chi connectivity index (χ4n) is 11.6. The lowest BCUT2D eigenvalue weighted by atomic mass is 9.67. The summed E-state index contributed by atoms with van der Waals surface area (Å²) in [5.74, 6) is 0. The maximum absolute atomic E-state index is 6.52. The zero-order valence-electron chi connectivity index (χ0n) is 36.9. The van der Waals surface area contributed by atoms with E-state index in [0.717, 1.165) is 50.1 Å². The summed E-state index contributed by atoms with van der Waals surface area (Å²) < 4.78 is 6.52. The van der Waals surface area contributed by atoms with Gasteiger partial charge in [-0.3, -0.25) is 0 Å². The summed E-state index contributed by atoms with van der Waals surface area (Å²) in [7, 11) is 0. The van der Waals surface area contributed by atoms with E-state index in [1.54, 1.807) is 0 Å². The van der Waals surface area contributed by atoms with Gasteiger partial charge in [0.25, 0.3) is 0 Å². The highest BCUT2D eigenvalue weighted by atomic mass is 16.3. The predicted octanol–water partition coefficient (Wildman–Crippen LogP) is 17.1. The van der Waals surface area contributed by atoms with Crippen molar-refractivity contribution in [2.75, 3.05) is 4.90 Å². The molecule has 1 heterocycles. The molecule has 66 heavy (non-hydrogen) atoms. The standard InChI is InChI=1S/C64H45NO/c1-63(2)56-28-13-9-23-50(56)52-38-36-47(41-59(52)63)65(60-30-15-11-22-48(60)42-18-5-3-6-19-42)46-37-39-58-55(40-46)51-24-10-14-29-57(51)64(58,44-20-7-4-8-21-44)45-34-32-43(33-35-45)49-26-17-27-54-53-25-12-16-31-61(53)66-62(49)54/h3-41H,1-2H3. The number of rotatable bonds is 7. The molecule has 11 aromatic rings. The number of hydrogen-bond acceptors (Lipinski definition) is 2. The maximum Gasteiger partial charge on any atom is 0.143 e. The molecule has 13 rings (SSSR count). The molecule has 2 heteroatoms. The summed E-state index contributed by atoms with van der Waals surface area (Å²) in [6, 6.07) is 87.1. The van der Waals surface area contributed by atoms with Crippen molar-refractivity contribution < 1.29 is 4.42 Å². The average Bonchev–Trinajstić information content (AvgIpc) is 3.98. The van der Waals surface area contributed by atoms with Crippen molar-refractivity contribution in [3.05, 3.63) is 270 Å². The molecule has 10 aromatic carbocycles. The van der Waals surface area contributed by atoms with Gasteiger partial charge in [0.05, 0.1) is 11.1 Å². The second kappa shape index (κ2) is 14.7. The van der Waals surface area contributed by atoms with E-state index in [1.807, 2.05) is 6.07 Å². The van der Waals surface area contributed by atoms with Crippen LogP contribution in [0.2, 0.25) is 0 Å². The van der Waals surface area contributed by atoms with Crippen LogP contribution in [0.4, 0.5) is 17.1 Å². The quantitative estimate of drug-likeness (QED) is 0.159. The molecule has 1 atom stereocenters. The van der Waals surface area contributed by atoms with E-state index in [9.17, 15) is 0 Å². The Morgan fingerprint density at radius 2 is 0.894 bits per heavy atom. The third-order valence-electron chi connectivity index (χ3n) is 14.6. The first-order chi connectivity index (χ1) is 32.5. The fourth-order valence-corrected chi connectivity index (χ4v) is 11.6. The minimum Gasteiger partial charge on any atom is -0.455 e. The SMILES string of the molecule is CC1(C)c2ccccc2-c2ccc(N(c3ccc4c(c3)-c3ccccc3C4(c3ccccc3)c3ccc(-c4cccc5c4oc4ccccc45)cc3)c3ccccc3-c3ccccc3)cc21. The van der Waals surface area contributed by atoms with Crippen molar-refractivity contribution in [3.8, 4) is 44.5 Å². The number of para-hydroxylation sites is 3. The monoisotopic (exact) mass is 843 g/mol. The van der Waals surface area contributed by atoms with Gasteiger partial charge in [-0.15, -0.1) is 0 Å². The van der Waals surface area contributed by atoms with Crippen LogP contribution in [0, 0.1) is 0 Å².